The number of anilines is 1. The molecule has 3 aromatic rings. The Hall–Kier alpha value is -3.42. The zero-order chi connectivity index (χ0) is 22.0. The number of aromatic nitrogens is 2. The van der Waals surface area contributed by atoms with Crippen molar-refractivity contribution in [1.82, 2.24) is 14.5 Å². The molecule has 6 nitrogen and oxygen atoms in total. The number of imidazole rings is 1. The fraction of sp³-hybridized carbons (Fsp3) is 0.304. The molecule has 1 saturated heterocycles. The van der Waals surface area contributed by atoms with Crippen LogP contribution in [0.2, 0.25) is 0 Å². The first-order chi connectivity index (χ1) is 14.9. The number of hydrogen-bond donors (Lipinski definition) is 1. The van der Waals surface area contributed by atoms with E-state index in [1.165, 1.54) is 12.1 Å². The molecule has 31 heavy (non-hydrogen) atoms. The number of cyclic esters (lactones) is 1. The van der Waals surface area contributed by atoms with Gasteiger partial charge in [-0.05, 0) is 30.2 Å². The summed E-state index contributed by atoms with van der Waals surface area (Å²) < 4.78 is 34.6. The van der Waals surface area contributed by atoms with E-state index in [0.717, 1.165) is 18.1 Å². The molecular formula is C23H24F2N4O2. The molecule has 2 aromatic carbocycles. The fourth-order valence-electron chi connectivity index (χ4n) is 3.86. The van der Waals surface area contributed by atoms with E-state index >= 15 is 0 Å². The average Bonchev–Trinajstić information content (AvgIpc) is 3.17. The zero-order valence-corrected chi connectivity index (χ0v) is 17.2. The van der Waals surface area contributed by atoms with E-state index in [-0.39, 0.29) is 18.2 Å². The highest BCUT2D eigenvalue weighted by Gasteiger charge is 2.31. The SMILES string of the molecule is CC(c1ccc(-c2ccc(F)cc2F)cc1)N1CCC(CCn2ccnc2N)OC1=O. The number of hydrogen-bond acceptors (Lipinski definition) is 4. The average molecular weight is 426 g/mol. The number of ether oxygens (including phenoxy) is 1. The predicted molar refractivity (Wildman–Crippen MR) is 113 cm³/mol. The third kappa shape index (κ3) is 4.52. The van der Waals surface area contributed by atoms with Crippen molar-refractivity contribution in [3.63, 3.8) is 0 Å². The molecule has 2 heterocycles. The van der Waals surface area contributed by atoms with Crippen LogP contribution in [0.25, 0.3) is 11.1 Å². The highest BCUT2D eigenvalue weighted by molar-refractivity contribution is 5.69. The third-order valence-corrected chi connectivity index (χ3v) is 5.74. The van der Waals surface area contributed by atoms with Crippen molar-refractivity contribution < 1.29 is 18.3 Å². The Morgan fingerprint density at radius 2 is 2.00 bits per heavy atom. The van der Waals surface area contributed by atoms with E-state index in [0.29, 0.717) is 36.6 Å². The van der Waals surface area contributed by atoms with Gasteiger partial charge in [0.1, 0.15) is 17.7 Å². The Kier molecular flexibility index (Phi) is 5.88. The molecule has 0 aliphatic carbocycles. The molecule has 1 amide bonds. The van der Waals surface area contributed by atoms with Crippen molar-refractivity contribution in [2.45, 2.75) is 38.5 Å². The van der Waals surface area contributed by atoms with Crippen LogP contribution in [0.1, 0.15) is 31.4 Å². The van der Waals surface area contributed by atoms with Gasteiger partial charge in [-0.25, -0.2) is 18.6 Å². The van der Waals surface area contributed by atoms with Crippen LogP contribution in [0.3, 0.4) is 0 Å². The summed E-state index contributed by atoms with van der Waals surface area (Å²) in [6.45, 7) is 3.15. The first kappa shape index (κ1) is 20.8. The molecular weight excluding hydrogens is 402 g/mol. The number of rotatable bonds is 6. The number of carbonyl (C=O) groups excluding carboxylic acids is 1. The summed E-state index contributed by atoms with van der Waals surface area (Å²) >= 11 is 0. The Labute approximate surface area is 179 Å². The molecule has 1 fully saturated rings. The molecule has 1 aromatic heterocycles. The van der Waals surface area contributed by atoms with Gasteiger partial charge in [0.15, 0.2) is 5.95 Å². The Morgan fingerprint density at radius 3 is 2.65 bits per heavy atom. The van der Waals surface area contributed by atoms with Gasteiger partial charge in [-0.15, -0.1) is 0 Å². The highest BCUT2D eigenvalue weighted by atomic mass is 19.1. The Bertz CT molecular complexity index is 1070. The quantitative estimate of drug-likeness (QED) is 0.616. The molecule has 4 rings (SSSR count). The molecule has 0 bridgehead atoms. The summed E-state index contributed by atoms with van der Waals surface area (Å²) in [5.74, 6) is -0.771. The predicted octanol–water partition coefficient (Wildman–Crippen LogP) is 4.77. The number of nitrogens with two attached hydrogens (primary N) is 1. The minimum Gasteiger partial charge on any atom is -0.446 e. The summed E-state index contributed by atoms with van der Waals surface area (Å²) in [5, 5.41) is 0. The molecule has 1 aliphatic rings. The second kappa shape index (κ2) is 8.75. The lowest BCUT2D eigenvalue weighted by Crippen LogP contribution is -2.43. The Balaban J connectivity index is 1.37. The highest BCUT2D eigenvalue weighted by Crippen LogP contribution is 2.29. The lowest BCUT2D eigenvalue weighted by molar-refractivity contribution is 0.00845. The monoisotopic (exact) mass is 426 g/mol. The van der Waals surface area contributed by atoms with Gasteiger partial charge in [0.2, 0.25) is 0 Å². The largest absolute Gasteiger partial charge is 0.446 e. The second-order valence-corrected chi connectivity index (χ2v) is 7.68. The van der Waals surface area contributed by atoms with Crippen LogP contribution in [0.5, 0.6) is 0 Å². The van der Waals surface area contributed by atoms with Gasteiger partial charge in [0.05, 0.1) is 6.04 Å². The number of halogens is 2. The molecule has 0 spiro atoms. The molecule has 2 N–H and O–H groups in total. The van der Waals surface area contributed by atoms with E-state index in [1.807, 2.05) is 23.6 Å². The standard InChI is InChI=1S/C23H24F2N4O2/c1-15(16-2-4-17(5-3-16)20-7-6-18(24)14-21(20)25)29-12-9-19(31-23(29)30)8-11-28-13-10-27-22(28)26/h2-7,10,13-15,19H,8-9,11-12H2,1H3,(H2,26,27). The lowest BCUT2D eigenvalue weighted by atomic mass is 10.00. The summed E-state index contributed by atoms with van der Waals surface area (Å²) in [4.78, 5) is 18.3. The van der Waals surface area contributed by atoms with E-state index < -0.39 is 11.6 Å². The van der Waals surface area contributed by atoms with Crippen molar-refractivity contribution in [3.8, 4) is 11.1 Å². The van der Waals surface area contributed by atoms with Crippen molar-refractivity contribution in [1.29, 1.82) is 0 Å². The molecule has 0 saturated carbocycles. The Morgan fingerprint density at radius 1 is 1.23 bits per heavy atom. The minimum atomic E-state index is -0.609. The van der Waals surface area contributed by atoms with Crippen LogP contribution >= 0.6 is 0 Å². The smallest absolute Gasteiger partial charge is 0.410 e. The van der Waals surface area contributed by atoms with Crippen molar-refractivity contribution >= 4 is 12.0 Å². The zero-order valence-electron chi connectivity index (χ0n) is 17.2. The number of aryl methyl sites for hydroxylation is 1. The topological polar surface area (TPSA) is 73.4 Å². The first-order valence-corrected chi connectivity index (χ1v) is 10.2. The maximum Gasteiger partial charge on any atom is 0.410 e. The normalized spacial score (nSPS) is 17.5. The molecule has 8 heteroatoms. The van der Waals surface area contributed by atoms with E-state index in [9.17, 15) is 13.6 Å². The van der Waals surface area contributed by atoms with Gasteiger partial charge >= 0.3 is 6.09 Å². The van der Waals surface area contributed by atoms with Gasteiger partial charge in [0.25, 0.3) is 0 Å². The van der Waals surface area contributed by atoms with Crippen LogP contribution in [0.15, 0.2) is 54.9 Å². The van der Waals surface area contributed by atoms with Gasteiger partial charge in [-0.1, -0.05) is 24.3 Å². The van der Waals surface area contributed by atoms with Gasteiger partial charge in [-0.2, -0.15) is 0 Å². The minimum absolute atomic E-state index is 0.165. The maximum atomic E-state index is 14.0. The van der Waals surface area contributed by atoms with Crippen LogP contribution < -0.4 is 5.73 Å². The molecule has 1 aliphatic heterocycles. The maximum absolute atomic E-state index is 14.0. The molecule has 162 valence electrons. The number of nitrogens with zero attached hydrogens (tertiary/aromatic N) is 3. The number of nitrogen functional groups attached to an aromatic ring is 1. The third-order valence-electron chi connectivity index (χ3n) is 5.74. The molecule has 0 radical (unpaired) electrons. The second-order valence-electron chi connectivity index (χ2n) is 7.68. The van der Waals surface area contributed by atoms with Crippen LogP contribution in [-0.2, 0) is 11.3 Å². The van der Waals surface area contributed by atoms with Crippen LogP contribution in [-0.4, -0.2) is 33.2 Å². The van der Waals surface area contributed by atoms with Gasteiger partial charge in [-0.3, -0.25) is 0 Å². The number of carbonyl (C=O) groups is 1. The summed E-state index contributed by atoms with van der Waals surface area (Å²) in [6, 6.07) is 10.6. The van der Waals surface area contributed by atoms with Crippen molar-refractivity contribution in [3.05, 3.63) is 72.1 Å². The first-order valence-electron chi connectivity index (χ1n) is 10.2. The van der Waals surface area contributed by atoms with E-state index in [1.54, 1.807) is 29.4 Å². The van der Waals surface area contributed by atoms with Gasteiger partial charge < -0.3 is 19.9 Å². The number of amides is 1. The molecule has 2 unspecified atom stereocenters. The van der Waals surface area contributed by atoms with Gasteiger partial charge in [0, 0.05) is 50.0 Å². The van der Waals surface area contributed by atoms with Crippen LogP contribution in [0.4, 0.5) is 19.5 Å². The number of benzene rings is 2. The fourth-order valence-corrected chi connectivity index (χ4v) is 3.86. The van der Waals surface area contributed by atoms with Crippen LogP contribution in [0, 0.1) is 11.6 Å². The van der Waals surface area contributed by atoms with E-state index in [2.05, 4.69) is 4.98 Å². The van der Waals surface area contributed by atoms with Crippen molar-refractivity contribution in [2.24, 2.45) is 0 Å². The molecule has 2 atom stereocenters. The summed E-state index contributed by atoms with van der Waals surface area (Å²) in [5.41, 5.74) is 7.66. The van der Waals surface area contributed by atoms with E-state index in [4.69, 9.17) is 10.5 Å². The summed E-state index contributed by atoms with van der Waals surface area (Å²) in [7, 11) is 0. The van der Waals surface area contributed by atoms with Crippen molar-refractivity contribution in [2.75, 3.05) is 12.3 Å². The summed E-state index contributed by atoms with van der Waals surface area (Å²) in [6.07, 6.45) is 4.32. The lowest BCUT2D eigenvalue weighted by Gasteiger charge is -2.36.